The highest BCUT2D eigenvalue weighted by molar-refractivity contribution is 6.12. The van der Waals surface area contributed by atoms with Crippen LogP contribution in [0.15, 0.2) is 211 Å². The summed E-state index contributed by atoms with van der Waals surface area (Å²) >= 11 is 0. The Hall–Kier alpha value is -7.29. The number of nitrogens with zero attached hydrogens (tertiary/aromatic N) is 2. The van der Waals surface area contributed by atoms with Crippen LogP contribution in [0.4, 0.5) is 0 Å². The number of fused-ring (bicyclic) bond motifs is 8. The van der Waals surface area contributed by atoms with Crippen molar-refractivity contribution < 1.29 is 0 Å². The topological polar surface area (TPSA) is 17.3 Å². The molecule has 0 amide bonds. The van der Waals surface area contributed by atoms with Gasteiger partial charge in [0.1, 0.15) is 0 Å². The Morgan fingerprint density at radius 2 is 1.05 bits per heavy atom. The van der Waals surface area contributed by atoms with Crippen LogP contribution in [0.2, 0.25) is 0 Å². The number of hydrogen-bond acceptors (Lipinski definition) is 1. The van der Waals surface area contributed by atoms with Gasteiger partial charge in [0, 0.05) is 33.9 Å². The van der Waals surface area contributed by atoms with Gasteiger partial charge in [0.25, 0.3) is 0 Å². The number of aromatic nitrogens is 1. The second-order valence-electron chi connectivity index (χ2n) is 17.9. The molecule has 2 nitrogen and oxygen atoms in total. The van der Waals surface area contributed by atoms with Gasteiger partial charge in [-0.2, -0.15) is 0 Å². The molecule has 302 valence electrons. The summed E-state index contributed by atoms with van der Waals surface area (Å²) in [7, 11) is 0. The highest BCUT2D eigenvalue weighted by Gasteiger charge is 2.44. The van der Waals surface area contributed by atoms with Crippen molar-refractivity contribution in [3.05, 3.63) is 234 Å². The van der Waals surface area contributed by atoms with Crippen molar-refractivity contribution in [3.8, 4) is 39.1 Å². The first kappa shape index (κ1) is 37.5. The lowest BCUT2D eigenvalue weighted by molar-refractivity contribution is 0.353. The smallest absolute Gasteiger partial charge is 0.0712 e. The monoisotopic (exact) mass is 808 g/mol. The summed E-state index contributed by atoms with van der Waals surface area (Å²) in [5, 5.41) is 2.63. The van der Waals surface area contributed by atoms with E-state index in [2.05, 4.69) is 212 Å². The number of aliphatic imine (C=N–C) groups is 1. The van der Waals surface area contributed by atoms with E-state index in [1.54, 1.807) is 0 Å². The summed E-state index contributed by atoms with van der Waals surface area (Å²) in [6, 6.07) is 71.7. The van der Waals surface area contributed by atoms with Crippen LogP contribution in [0.1, 0.15) is 73.3 Å². The molecule has 1 aromatic heterocycles. The first-order chi connectivity index (χ1) is 31.1. The molecule has 8 aromatic carbocycles. The molecule has 2 heterocycles. The van der Waals surface area contributed by atoms with Crippen molar-refractivity contribution in [2.24, 2.45) is 4.99 Å². The molecule has 0 bridgehead atoms. The van der Waals surface area contributed by atoms with Gasteiger partial charge in [-0.05, 0) is 123 Å². The lowest BCUT2D eigenvalue weighted by atomic mass is 9.68. The van der Waals surface area contributed by atoms with E-state index in [-0.39, 0.29) is 5.41 Å². The first-order valence-corrected chi connectivity index (χ1v) is 22.7. The van der Waals surface area contributed by atoms with Crippen molar-refractivity contribution in [3.63, 3.8) is 0 Å². The van der Waals surface area contributed by atoms with E-state index < -0.39 is 0 Å². The van der Waals surface area contributed by atoms with Gasteiger partial charge in [0.2, 0.25) is 0 Å². The fourth-order valence-electron chi connectivity index (χ4n) is 11.1. The van der Waals surface area contributed by atoms with Gasteiger partial charge in [0.15, 0.2) is 0 Å². The molecule has 1 aliphatic heterocycles. The lowest BCUT2D eigenvalue weighted by Gasteiger charge is -2.36. The summed E-state index contributed by atoms with van der Waals surface area (Å²) in [4.78, 5) is 5.49. The molecule has 12 rings (SSSR count). The Bertz CT molecular complexity index is 3300. The normalized spacial score (nSPS) is 15.6. The van der Waals surface area contributed by atoms with E-state index in [9.17, 15) is 0 Å². The minimum absolute atomic E-state index is 0.106. The molecule has 2 heteroatoms. The van der Waals surface area contributed by atoms with Crippen molar-refractivity contribution in [2.45, 2.75) is 50.9 Å². The van der Waals surface area contributed by atoms with Gasteiger partial charge in [-0.15, -0.1) is 0 Å². The third-order valence-corrected chi connectivity index (χ3v) is 14.2. The van der Waals surface area contributed by atoms with Crippen LogP contribution in [0.5, 0.6) is 0 Å². The predicted molar refractivity (Wildman–Crippen MR) is 266 cm³/mol. The van der Waals surface area contributed by atoms with Crippen LogP contribution in [-0.2, 0) is 5.41 Å². The Morgan fingerprint density at radius 1 is 0.444 bits per heavy atom. The summed E-state index contributed by atoms with van der Waals surface area (Å²) < 4.78 is 2.50. The second-order valence-corrected chi connectivity index (χ2v) is 17.9. The molecule has 0 N–H and O–H groups in total. The number of allylic oxidation sites excluding steroid dienone is 3. The van der Waals surface area contributed by atoms with Gasteiger partial charge in [-0.1, -0.05) is 183 Å². The van der Waals surface area contributed by atoms with Gasteiger partial charge in [-0.3, -0.25) is 4.99 Å². The van der Waals surface area contributed by atoms with Crippen LogP contribution >= 0.6 is 0 Å². The third-order valence-electron chi connectivity index (χ3n) is 14.2. The molecule has 3 aliphatic rings. The van der Waals surface area contributed by atoms with Crippen LogP contribution < -0.4 is 0 Å². The average Bonchev–Trinajstić information content (AvgIpc) is 3.72. The maximum Gasteiger partial charge on any atom is 0.0712 e. The summed E-state index contributed by atoms with van der Waals surface area (Å²) in [5.41, 5.74) is 22.5. The lowest BCUT2D eigenvalue weighted by Crippen LogP contribution is -2.27. The fraction of sp³-hybridized carbons (Fsp3) is 0.131. The van der Waals surface area contributed by atoms with Gasteiger partial charge < -0.3 is 4.57 Å². The van der Waals surface area contributed by atoms with E-state index in [0.29, 0.717) is 0 Å². The highest BCUT2D eigenvalue weighted by Crippen LogP contribution is 2.57. The third kappa shape index (κ3) is 6.35. The fourth-order valence-corrected chi connectivity index (χ4v) is 11.1. The zero-order valence-corrected chi connectivity index (χ0v) is 35.7. The van der Waals surface area contributed by atoms with E-state index >= 15 is 0 Å². The zero-order valence-electron chi connectivity index (χ0n) is 35.7. The van der Waals surface area contributed by atoms with Crippen LogP contribution in [0.25, 0.3) is 72.1 Å². The number of benzene rings is 8. The number of rotatable bonds is 6. The summed E-state index contributed by atoms with van der Waals surface area (Å²) in [5.74, 6) is 0. The molecule has 0 unspecified atom stereocenters. The van der Waals surface area contributed by atoms with Crippen molar-refractivity contribution >= 4 is 38.8 Å². The minimum atomic E-state index is 0.106. The average molecular weight is 809 g/mol. The molecule has 0 atom stereocenters. The van der Waals surface area contributed by atoms with E-state index in [1.165, 1.54) is 121 Å². The van der Waals surface area contributed by atoms with Crippen LogP contribution in [0.3, 0.4) is 0 Å². The minimum Gasteiger partial charge on any atom is -0.309 e. The van der Waals surface area contributed by atoms with Crippen molar-refractivity contribution in [1.82, 2.24) is 4.57 Å². The second kappa shape index (κ2) is 15.3. The number of para-hydroxylation sites is 1. The quantitative estimate of drug-likeness (QED) is 0.159. The molecule has 1 saturated carbocycles. The largest absolute Gasteiger partial charge is 0.309 e. The van der Waals surface area contributed by atoms with Gasteiger partial charge >= 0.3 is 0 Å². The molecule has 2 aliphatic carbocycles. The van der Waals surface area contributed by atoms with E-state index in [0.717, 1.165) is 29.0 Å². The van der Waals surface area contributed by atoms with Crippen molar-refractivity contribution in [2.75, 3.05) is 0 Å². The Kier molecular flexibility index (Phi) is 9.07. The van der Waals surface area contributed by atoms with E-state index in [1.807, 2.05) is 0 Å². The maximum absolute atomic E-state index is 5.49. The Labute approximate surface area is 370 Å². The molecular formula is C61H48N2. The maximum atomic E-state index is 5.49. The SMILES string of the molecule is CC1=C(c2ccc(-c3ccccc3)cc2)C=C(c2cccc(-c3ccc4c5cc6c(cc5n(-c5ccccc5)c4c3)-c3ccccc3C63CCCCC3)c2)N=C(c2ccccc2)C1. The van der Waals surface area contributed by atoms with Crippen LogP contribution in [-0.4, -0.2) is 10.3 Å². The molecule has 1 fully saturated rings. The van der Waals surface area contributed by atoms with E-state index in [4.69, 9.17) is 4.99 Å². The molecule has 0 radical (unpaired) electrons. The zero-order chi connectivity index (χ0) is 41.9. The molecular weight excluding hydrogens is 761 g/mol. The van der Waals surface area contributed by atoms with Gasteiger partial charge in [0.05, 0.1) is 22.4 Å². The summed E-state index contributed by atoms with van der Waals surface area (Å²) in [6.45, 7) is 2.26. The highest BCUT2D eigenvalue weighted by atomic mass is 15.0. The summed E-state index contributed by atoms with van der Waals surface area (Å²) in [6.07, 6.45) is 9.45. The van der Waals surface area contributed by atoms with Crippen LogP contribution in [0, 0.1) is 0 Å². The van der Waals surface area contributed by atoms with Gasteiger partial charge in [-0.25, -0.2) is 0 Å². The molecule has 1 spiro atoms. The molecule has 0 saturated heterocycles. The van der Waals surface area contributed by atoms with Crippen molar-refractivity contribution in [1.29, 1.82) is 0 Å². The molecule has 9 aromatic rings. The molecule has 63 heavy (non-hydrogen) atoms. The first-order valence-electron chi connectivity index (χ1n) is 22.7. The predicted octanol–water partition coefficient (Wildman–Crippen LogP) is 16.1. The Morgan fingerprint density at radius 3 is 1.83 bits per heavy atom. The number of hydrogen-bond donors (Lipinski definition) is 0. The Balaban J connectivity index is 0.997. The standard InChI is InChI=1S/C61H48N2/c1-41-35-57(45-19-8-3-9-20-45)62-58(39-52(41)44-29-27-43(28-30-44)42-17-6-2-7-18-42)48-22-16-21-46(36-48)47-31-32-51-54-38-56-53(40-60(54)63(59(51)37-47)49-23-10-4-11-24-49)50-25-12-13-26-55(50)61(56)33-14-5-15-34-61/h2-4,6-13,16-32,36-40H,5,14-15,33-35H2,1H3.